The van der Waals surface area contributed by atoms with Gasteiger partial charge in [-0.05, 0) is 48.9 Å². The van der Waals surface area contributed by atoms with Gasteiger partial charge in [0.1, 0.15) is 6.54 Å². The molecule has 0 atom stereocenters. The van der Waals surface area contributed by atoms with Gasteiger partial charge in [0.05, 0.1) is 27.4 Å². The van der Waals surface area contributed by atoms with Crippen LogP contribution >= 0.6 is 11.6 Å². The number of sulfonamides is 1. The molecule has 34 heavy (non-hydrogen) atoms. The summed E-state index contributed by atoms with van der Waals surface area (Å²) in [6.45, 7) is 1.14. The number of nitrogens with one attached hydrogen (secondary N) is 1. The number of benzene rings is 3. The SMILES string of the molecule is Cc1ccc(S(=O)(=O)N(CC(=O)N/N=C\c2cccc(C(F)(F)F)c2)c2ccccc2Cl)cc1. The van der Waals surface area contributed by atoms with Crippen LogP contribution in [0.5, 0.6) is 0 Å². The fourth-order valence-electron chi connectivity index (χ4n) is 2.93. The van der Waals surface area contributed by atoms with E-state index in [4.69, 9.17) is 11.6 Å². The Morgan fingerprint density at radius 3 is 2.38 bits per heavy atom. The standard InChI is InChI=1S/C23H19ClF3N3O3S/c1-16-9-11-19(12-10-16)34(32,33)30(21-8-3-2-7-20(21)24)15-22(31)29-28-14-17-5-4-6-18(13-17)23(25,26)27/h2-14H,15H2,1H3,(H,29,31)/b28-14-. The minimum Gasteiger partial charge on any atom is -0.271 e. The largest absolute Gasteiger partial charge is 0.416 e. The smallest absolute Gasteiger partial charge is 0.271 e. The number of alkyl halides is 3. The van der Waals surface area contributed by atoms with Gasteiger partial charge in [-0.1, -0.05) is 53.6 Å². The first-order valence-corrected chi connectivity index (χ1v) is 11.6. The van der Waals surface area contributed by atoms with E-state index in [0.717, 1.165) is 28.2 Å². The Labute approximate surface area is 199 Å². The Kier molecular flexibility index (Phi) is 7.63. The van der Waals surface area contributed by atoms with Crippen molar-refractivity contribution in [2.45, 2.75) is 18.0 Å². The molecule has 6 nitrogen and oxygen atoms in total. The molecule has 0 aliphatic rings. The van der Waals surface area contributed by atoms with Crippen LogP contribution in [0.4, 0.5) is 18.9 Å². The number of nitrogens with zero attached hydrogens (tertiary/aromatic N) is 2. The van der Waals surface area contributed by atoms with Crippen molar-refractivity contribution in [1.82, 2.24) is 5.43 Å². The van der Waals surface area contributed by atoms with E-state index >= 15 is 0 Å². The van der Waals surface area contributed by atoms with E-state index in [-0.39, 0.29) is 21.2 Å². The molecular weight excluding hydrogens is 491 g/mol. The van der Waals surface area contributed by atoms with Crippen LogP contribution in [0.15, 0.2) is 82.8 Å². The average molecular weight is 510 g/mol. The highest BCUT2D eigenvalue weighted by molar-refractivity contribution is 7.92. The van der Waals surface area contributed by atoms with E-state index < -0.39 is 34.2 Å². The second kappa shape index (κ2) is 10.3. The fraction of sp³-hybridized carbons (Fsp3) is 0.130. The van der Waals surface area contributed by atoms with Gasteiger partial charge in [-0.3, -0.25) is 9.10 Å². The summed E-state index contributed by atoms with van der Waals surface area (Å²) >= 11 is 6.20. The highest BCUT2D eigenvalue weighted by atomic mass is 35.5. The zero-order valence-corrected chi connectivity index (χ0v) is 19.3. The van der Waals surface area contributed by atoms with Crippen LogP contribution in [0.1, 0.15) is 16.7 Å². The molecule has 0 aliphatic heterocycles. The third-order valence-electron chi connectivity index (χ3n) is 4.63. The third kappa shape index (κ3) is 6.15. The molecule has 0 saturated heterocycles. The average Bonchev–Trinajstić information content (AvgIpc) is 2.78. The third-order valence-corrected chi connectivity index (χ3v) is 6.73. The maximum absolute atomic E-state index is 13.3. The number of rotatable bonds is 7. The molecule has 178 valence electrons. The minimum atomic E-state index is -4.52. The topological polar surface area (TPSA) is 78.8 Å². The highest BCUT2D eigenvalue weighted by Crippen LogP contribution is 2.31. The number of hydrazone groups is 1. The fourth-order valence-corrected chi connectivity index (χ4v) is 4.66. The van der Waals surface area contributed by atoms with Gasteiger partial charge in [-0.25, -0.2) is 13.8 Å². The predicted molar refractivity (Wildman–Crippen MR) is 124 cm³/mol. The molecule has 0 fully saturated rings. The van der Waals surface area contributed by atoms with E-state index in [0.29, 0.717) is 0 Å². The van der Waals surface area contributed by atoms with Crippen LogP contribution in [-0.4, -0.2) is 27.1 Å². The van der Waals surface area contributed by atoms with E-state index in [1.54, 1.807) is 31.2 Å². The minimum absolute atomic E-state index is 0.0433. The Morgan fingerprint density at radius 2 is 1.74 bits per heavy atom. The Morgan fingerprint density at radius 1 is 1.06 bits per heavy atom. The van der Waals surface area contributed by atoms with E-state index in [1.807, 2.05) is 0 Å². The van der Waals surface area contributed by atoms with Gasteiger partial charge in [-0.2, -0.15) is 18.3 Å². The molecule has 0 saturated carbocycles. The quantitative estimate of drug-likeness (QED) is 0.359. The molecule has 0 spiro atoms. The number of para-hydroxylation sites is 1. The molecule has 1 N–H and O–H groups in total. The number of hydrogen-bond acceptors (Lipinski definition) is 4. The normalized spacial score (nSPS) is 12.0. The molecule has 3 aromatic rings. The predicted octanol–water partition coefficient (Wildman–Crippen LogP) is 5.01. The lowest BCUT2D eigenvalue weighted by molar-refractivity contribution is -0.137. The first-order valence-electron chi connectivity index (χ1n) is 9.81. The van der Waals surface area contributed by atoms with E-state index in [1.165, 1.54) is 36.4 Å². The van der Waals surface area contributed by atoms with Gasteiger partial charge in [0, 0.05) is 0 Å². The summed E-state index contributed by atoms with van der Waals surface area (Å²) in [6.07, 6.45) is -3.49. The Hall–Kier alpha value is -3.37. The van der Waals surface area contributed by atoms with Gasteiger partial charge in [0.25, 0.3) is 15.9 Å². The van der Waals surface area contributed by atoms with Crippen molar-refractivity contribution in [3.8, 4) is 0 Å². The van der Waals surface area contributed by atoms with Crippen LogP contribution in [0.3, 0.4) is 0 Å². The summed E-state index contributed by atoms with van der Waals surface area (Å²) < 4.78 is 66.0. The van der Waals surface area contributed by atoms with Crippen molar-refractivity contribution in [2.75, 3.05) is 10.8 Å². The second-order valence-corrected chi connectivity index (χ2v) is 9.46. The molecule has 0 radical (unpaired) electrons. The molecule has 3 aromatic carbocycles. The molecule has 0 aromatic heterocycles. The first kappa shape index (κ1) is 25.3. The molecule has 11 heteroatoms. The highest BCUT2D eigenvalue weighted by Gasteiger charge is 2.30. The van der Waals surface area contributed by atoms with E-state index in [2.05, 4.69) is 10.5 Å². The van der Waals surface area contributed by atoms with Crippen molar-refractivity contribution in [3.63, 3.8) is 0 Å². The molecule has 3 rings (SSSR count). The van der Waals surface area contributed by atoms with Crippen molar-refractivity contribution < 1.29 is 26.4 Å². The molecule has 0 heterocycles. The summed E-state index contributed by atoms with van der Waals surface area (Å²) in [5, 5.41) is 3.76. The lowest BCUT2D eigenvalue weighted by atomic mass is 10.1. The first-order chi connectivity index (χ1) is 16.0. The van der Waals surface area contributed by atoms with E-state index in [9.17, 15) is 26.4 Å². The van der Waals surface area contributed by atoms with Gasteiger partial charge < -0.3 is 0 Å². The number of anilines is 1. The van der Waals surface area contributed by atoms with Crippen molar-refractivity contribution in [3.05, 3.63) is 94.5 Å². The lowest BCUT2D eigenvalue weighted by Crippen LogP contribution is -2.39. The van der Waals surface area contributed by atoms with Crippen molar-refractivity contribution in [1.29, 1.82) is 0 Å². The van der Waals surface area contributed by atoms with Crippen LogP contribution < -0.4 is 9.73 Å². The number of carbonyl (C=O) groups excluding carboxylic acids is 1. The summed E-state index contributed by atoms with van der Waals surface area (Å²) in [6, 6.07) is 16.6. The lowest BCUT2D eigenvalue weighted by Gasteiger charge is -2.24. The Balaban J connectivity index is 1.83. The van der Waals surface area contributed by atoms with Crippen LogP contribution in [-0.2, 0) is 21.0 Å². The van der Waals surface area contributed by atoms with Gasteiger partial charge in [0.2, 0.25) is 0 Å². The number of aryl methyl sites for hydroxylation is 1. The van der Waals surface area contributed by atoms with Gasteiger partial charge in [0.15, 0.2) is 0 Å². The van der Waals surface area contributed by atoms with Crippen LogP contribution in [0, 0.1) is 6.92 Å². The summed E-state index contributed by atoms with van der Waals surface area (Å²) in [5.41, 5.74) is 2.32. The maximum Gasteiger partial charge on any atom is 0.416 e. The van der Waals surface area contributed by atoms with Gasteiger partial charge in [-0.15, -0.1) is 0 Å². The van der Waals surface area contributed by atoms with Crippen LogP contribution in [0.25, 0.3) is 0 Å². The van der Waals surface area contributed by atoms with Crippen molar-refractivity contribution in [2.24, 2.45) is 5.10 Å². The number of hydrogen-bond donors (Lipinski definition) is 1. The second-order valence-electron chi connectivity index (χ2n) is 7.19. The molecular formula is C23H19ClF3N3O3S. The monoisotopic (exact) mass is 509 g/mol. The summed E-state index contributed by atoms with van der Waals surface area (Å²) in [5.74, 6) is -0.821. The molecule has 0 aliphatic carbocycles. The zero-order chi connectivity index (χ0) is 24.9. The van der Waals surface area contributed by atoms with Crippen molar-refractivity contribution >= 4 is 39.4 Å². The molecule has 1 amide bonds. The van der Waals surface area contributed by atoms with Crippen LogP contribution in [0.2, 0.25) is 5.02 Å². The molecule has 0 unspecified atom stereocenters. The zero-order valence-electron chi connectivity index (χ0n) is 17.8. The maximum atomic E-state index is 13.3. The number of halogens is 4. The number of carbonyl (C=O) groups is 1. The Bertz CT molecular complexity index is 1310. The number of amides is 1. The molecule has 0 bridgehead atoms. The van der Waals surface area contributed by atoms with Gasteiger partial charge >= 0.3 is 6.18 Å². The summed E-state index contributed by atoms with van der Waals surface area (Å²) in [4.78, 5) is 12.5. The summed E-state index contributed by atoms with van der Waals surface area (Å²) in [7, 11) is -4.18.